The van der Waals surface area contributed by atoms with E-state index >= 15 is 0 Å². The summed E-state index contributed by atoms with van der Waals surface area (Å²) in [6.07, 6.45) is 0.397. The quantitative estimate of drug-likeness (QED) is 0.819. The van der Waals surface area contributed by atoms with E-state index in [1.165, 1.54) is 0 Å². The SMILES string of the molecule is C=C/C=C(\C=C)CNC(=O)c1ccc(C(F)(F)F)cc1. The predicted molar refractivity (Wildman–Crippen MR) is 72.3 cm³/mol. The van der Waals surface area contributed by atoms with Crippen molar-refractivity contribution in [3.05, 3.63) is 72.4 Å². The molecule has 0 aromatic heterocycles. The molecule has 0 aliphatic heterocycles. The highest BCUT2D eigenvalue weighted by Crippen LogP contribution is 2.29. The number of rotatable bonds is 5. The van der Waals surface area contributed by atoms with Crippen LogP contribution in [0.15, 0.2) is 61.2 Å². The molecule has 1 aromatic carbocycles. The Bertz CT molecular complexity index is 527. The minimum absolute atomic E-state index is 0.167. The molecule has 1 N–H and O–H groups in total. The molecule has 0 aliphatic carbocycles. The van der Waals surface area contributed by atoms with Crippen LogP contribution < -0.4 is 5.32 Å². The number of allylic oxidation sites excluding steroid dienone is 2. The second-order valence-corrected chi connectivity index (χ2v) is 3.94. The number of benzene rings is 1. The van der Waals surface area contributed by atoms with Crippen LogP contribution in [0.1, 0.15) is 15.9 Å². The smallest absolute Gasteiger partial charge is 0.348 e. The van der Waals surface area contributed by atoms with Gasteiger partial charge in [0.15, 0.2) is 0 Å². The molecule has 0 fully saturated rings. The predicted octanol–water partition coefficient (Wildman–Crippen LogP) is 3.73. The van der Waals surface area contributed by atoms with Gasteiger partial charge in [-0.3, -0.25) is 4.79 Å². The molecular weight excluding hydrogens is 267 g/mol. The van der Waals surface area contributed by atoms with Crippen LogP contribution in [0.4, 0.5) is 13.2 Å². The molecule has 0 saturated carbocycles. The van der Waals surface area contributed by atoms with Crippen molar-refractivity contribution in [2.24, 2.45) is 0 Å². The minimum atomic E-state index is -4.41. The van der Waals surface area contributed by atoms with Gasteiger partial charge in [-0.2, -0.15) is 13.2 Å². The van der Waals surface area contributed by atoms with Gasteiger partial charge < -0.3 is 5.32 Å². The van der Waals surface area contributed by atoms with Crippen molar-refractivity contribution in [1.82, 2.24) is 5.32 Å². The summed E-state index contributed by atoms with van der Waals surface area (Å²) >= 11 is 0. The standard InChI is InChI=1S/C15H14F3NO/c1-3-5-11(4-2)10-19-14(20)12-6-8-13(9-7-12)15(16,17)18/h3-9H,1-2,10H2,(H,19,20)/b11-5+. The number of amides is 1. The Morgan fingerprint density at radius 3 is 2.25 bits per heavy atom. The van der Waals surface area contributed by atoms with Crippen molar-refractivity contribution in [3.63, 3.8) is 0 Å². The molecule has 20 heavy (non-hydrogen) atoms. The van der Waals surface area contributed by atoms with E-state index in [2.05, 4.69) is 18.5 Å². The largest absolute Gasteiger partial charge is 0.416 e. The van der Waals surface area contributed by atoms with Crippen molar-refractivity contribution < 1.29 is 18.0 Å². The highest BCUT2D eigenvalue weighted by molar-refractivity contribution is 5.94. The first-order valence-corrected chi connectivity index (χ1v) is 5.78. The van der Waals surface area contributed by atoms with E-state index in [0.29, 0.717) is 0 Å². The summed E-state index contributed by atoms with van der Waals surface area (Å²) in [5.74, 6) is -0.449. The summed E-state index contributed by atoms with van der Waals surface area (Å²) in [6, 6.07) is 4.04. The van der Waals surface area contributed by atoms with Gasteiger partial charge in [0, 0.05) is 12.1 Å². The van der Waals surface area contributed by atoms with Crippen molar-refractivity contribution in [2.75, 3.05) is 6.54 Å². The normalized spacial score (nSPS) is 11.8. The Hall–Kier alpha value is -2.30. The topological polar surface area (TPSA) is 29.1 Å². The molecule has 0 spiro atoms. The Morgan fingerprint density at radius 1 is 1.20 bits per heavy atom. The van der Waals surface area contributed by atoms with Crippen LogP contribution in [-0.4, -0.2) is 12.5 Å². The molecule has 1 aromatic rings. The monoisotopic (exact) mass is 281 g/mol. The van der Waals surface area contributed by atoms with Gasteiger partial charge in [0.2, 0.25) is 0 Å². The van der Waals surface area contributed by atoms with E-state index in [9.17, 15) is 18.0 Å². The summed E-state index contributed by atoms with van der Waals surface area (Å²) in [7, 11) is 0. The highest BCUT2D eigenvalue weighted by atomic mass is 19.4. The number of halogens is 3. The van der Waals surface area contributed by atoms with Gasteiger partial charge in [0.05, 0.1) is 5.56 Å². The number of alkyl halides is 3. The van der Waals surface area contributed by atoms with Crippen LogP contribution in [0.3, 0.4) is 0 Å². The lowest BCUT2D eigenvalue weighted by Crippen LogP contribution is -2.25. The maximum Gasteiger partial charge on any atom is 0.416 e. The van der Waals surface area contributed by atoms with Crippen molar-refractivity contribution in [1.29, 1.82) is 0 Å². The molecular formula is C15H14F3NO. The number of carbonyl (C=O) groups excluding carboxylic acids is 1. The Balaban J connectivity index is 2.71. The lowest BCUT2D eigenvalue weighted by Gasteiger charge is -2.08. The lowest BCUT2D eigenvalue weighted by molar-refractivity contribution is -0.137. The van der Waals surface area contributed by atoms with Gasteiger partial charge in [-0.1, -0.05) is 31.4 Å². The average Bonchev–Trinajstić information content (AvgIpc) is 2.42. The molecule has 0 atom stereocenters. The second kappa shape index (κ2) is 6.75. The fraction of sp³-hybridized carbons (Fsp3) is 0.133. The van der Waals surface area contributed by atoms with Gasteiger partial charge in [0.1, 0.15) is 0 Å². The third kappa shape index (κ3) is 4.42. The van der Waals surface area contributed by atoms with Gasteiger partial charge in [-0.05, 0) is 29.8 Å². The minimum Gasteiger partial charge on any atom is -0.348 e. The van der Waals surface area contributed by atoms with Crippen molar-refractivity contribution in [3.8, 4) is 0 Å². The Kier molecular flexibility index (Phi) is 5.32. The number of hydrogen-bond acceptors (Lipinski definition) is 1. The van der Waals surface area contributed by atoms with Crippen LogP contribution >= 0.6 is 0 Å². The molecule has 0 bridgehead atoms. The molecule has 1 rings (SSSR count). The maximum absolute atomic E-state index is 12.4. The summed E-state index contributed by atoms with van der Waals surface area (Å²) in [4.78, 5) is 11.8. The summed E-state index contributed by atoms with van der Waals surface area (Å²) in [5, 5.41) is 2.59. The fourth-order valence-corrected chi connectivity index (χ4v) is 1.45. The fourth-order valence-electron chi connectivity index (χ4n) is 1.45. The third-order valence-corrected chi connectivity index (χ3v) is 2.52. The number of hydrogen-bond donors (Lipinski definition) is 1. The zero-order valence-corrected chi connectivity index (χ0v) is 10.7. The Labute approximate surface area is 115 Å². The van der Waals surface area contributed by atoms with E-state index in [1.807, 2.05) is 0 Å². The summed E-state index contributed by atoms with van der Waals surface area (Å²) in [5.41, 5.74) is 0.132. The molecule has 0 aliphatic rings. The second-order valence-electron chi connectivity index (χ2n) is 3.94. The molecule has 1 amide bonds. The van der Waals surface area contributed by atoms with Gasteiger partial charge in [0.25, 0.3) is 5.91 Å². The van der Waals surface area contributed by atoms with E-state index in [1.54, 1.807) is 18.2 Å². The molecule has 0 heterocycles. The van der Waals surface area contributed by atoms with E-state index in [0.717, 1.165) is 29.8 Å². The van der Waals surface area contributed by atoms with Gasteiger partial charge >= 0.3 is 6.18 Å². The van der Waals surface area contributed by atoms with Gasteiger partial charge in [-0.15, -0.1) is 0 Å². The van der Waals surface area contributed by atoms with Crippen LogP contribution in [0.25, 0.3) is 0 Å². The van der Waals surface area contributed by atoms with E-state index in [-0.39, 0.29) is 12.1 Å². The molecule has 0 unspecified atom stereocenters. The molecule has 5 heteroatoms. The third-order valence-electron chi connectivity index (χ3n) is 2.52. The summed E-state index contributed by atoms with van der Waals surface area (Å²) in [6.45, 7) is 7.33. The number of carbonyl (C=O) groups is 1. The van der Waals surface area contributed by atoms with Crippen LogP contribution in [0.5, 0.6) is 0 Å². The van der Waals surface area contributed by atoms with Crippen LogP contribution in [0, 0.1) is 0 Å². The molecule has 106 valence electrons. The maximum atomic E-state index is 12.4. The van der Waals surface area contributed by atoms with Crippen molar-refractivity contribution >= 4 is 5.91 Å². The summed E-state index contributed by atoms with van der Waals surface area (Å²) < 4.78 is 37.1. The molecule has 0 radical (unpaired) electrons. The first-order valence-electron chi connectivity index (χ1n) is 5.78. The first kappa shape index (κ1) is 15.8. The lowest BCUT2D eigenvalue weighted by atomic mass is 10.1. The first-order chi connectivity index (χ1) is 9.38. The highest BCUT2D eigenvalue weighted by Gasteiger charge is 2.30. The molecule has 0 saturated heterocycles. The van der Waals surface area contributed by atoms with Crippen LogP contribution in [0.2, 0.25) is 0 Å². The molecule has 2 nitrogen and oxygen atoms in total. The van der Waals surface area contributed by atoms with E-state index < -0.39 is 17.6 Å². The average molecular weight is 281 g/mol. The zero-order valence-electron chi connectivity index (χ0n) is 10.7. The van der Waals surface area contributed by atoms with Gasteiger partial charge in [-0.25, -0.2) is 0 Å². The number of nitrogens with one attached hydrogen (secondary N) is 1. The zero-order chi connectivity index (χ0) is 15.2. The van der Waals surface area contributed by atoms with E-state index in [4.69, 9.17) is 0 Å². The van der Waals surface area contributed by atoms with Crippen LogP contribution in [-0.2, 0) is 6.18 Å². The Morgan fingerprint density at radius 2 is 1.80 bits per heavy atom. The van der Waals surface area contributed by atoms with Crippen molar-refractivity contribution in [2.45, 2.75) is 6.18 Å².